The third-order valence-corrected chi connectivity index (χ3v) is 5.38. The molecule has 0 spiro atoms. The topological polar surface area (TPSA) is 116 Å². The Morgan fingerprint density at radius 1 is 1.23 bits per heavy atom. The van der Waals surface area contributed by atoms with Gasteiger partial charge < -0.3 is 25.6 Å². The second-order valence-electron chi connectivity index (χ2n) is 8.42. The molecule has 0 aromatic carbocycles. The smallest absolute Gasteiger partial charge is 0.315 e. The molecule has 10 nitrogen and oxygen atoms in total. The summed E-state index contributed by atoms with van der Waals surface area (Å²) < 4.78 is 4.90. The quantitative estimate of drug-likeness (QED) is 0.545. The van der Waals surface area contributed by atoms with Gasteiger partial charge in [0.15, 0.2) is 0 Å². The first kappa shape index (κ1) is 23.0. The van der Waals surface area contributed by atoms with Gasteiger partial charge in [0.05, 0.1) is 11.7 Å². The molecule has 3 N–H and O–H groups in total. The van der Waals surface area contributed by atoms with Crippen molar-refractivity contribution in [1.82, 2.24) is 30.7 Å². The average molecular weight is 433 g/mol. The Labute approximate surface area is 182 Å². The number of rotatable bonds is 7. The van der Waals surface area contributed by atoms with E-state index in [-0.39, 0.29) is 42.6 Å². The molecule has 0 aliphatic carbocycles. The Balaban J connectivity index is 1.73. The van der Waals surface area contributed by atoms with E-state index in [0.29, 0.717) is 32.6 Å². The van der Waals surface area contributed by atoms with Crippen LogP contribution >= 0.6 is 0 Å². The monoisotopic (exact) mass is 432 g/mol. The summed E-state index contributed by atoms with van der Waals surface area (Å²) in [5.74, 6) is -0.464. The van der Waals surface area contributed by atoms with E-state index in [0.717, 1.165) is 5.69 Å². The van der Waals surface area contributed by atoms with E-state index in [4.69, 9.17) is 4.74 Å². The van der Waals surface area contributed by atoms with Crippen molar-refractivity contribution in [3.05, 3.63) is 30.1 Å². The van der Waals surface area contributed by atoms with E-state index in [9.17, 15) is 14.4 Å². The summed E-state index contributed by atoms with van der Waals surface area (Å²) in [6.07, 6.45) is 2.40. The number of urea groups is 1. The number of nitrogens with one attached hydrogen (secondary N) is 3. The minimum Gasteiger partial charge on any atom is -0.375 e. The van der Waals surface area contributed by atoms with Crippen LogP contribution in [0.25, 0.3) is 0 Å². The Morgan fingerprint density at radius 2 is 2.03 bits per heavy atom. The van der Waals surface area contributed by atoms with Gasteiger partial charge in [-0.25, -0.2) is 4.79 Å². The van der Waals surface area contributed by atoms with Crippen LogP contribution in [0.5, 0.6) is 0 Å². The molecule has 10 heteroatoms. The van der Waals surface area contributed by atoms with Crippen LogP contribution in [-0.2, 0) is 20.9 Å². The SMILES string of the molecule is COCC(=O)N[C@H]1CN(Cc2ccccn2)C[C@@H]2C[C@H](NC(=O)NC(C)C)CN2C1=O. The van der Waals surface area contributed by atoms with Gasteiger partial charge in [-0.3, -0.25) is 19.5 Å². The first-order chi connectivity index (χ1) is 14.9. The maximum Gasteiger partial charge on any atom is 0.315 e. The van der Waals surface area contributed by atoms with Gasteiger partial charge >= 0.3 is 6.03 Å². The lowest BCUT2D eigenvalue weighted by Gasteiger charge is -2.24. The van der Waals surface area contributed by atoms with Gasteiger partial charge in [0.25, 0.3) is 0 Å². The van der Waals surface area contributed by atoms with E-state index in [1.807, 2.05) is 32.0 Å². The summed E-state index contributed by atoms with van der Waals surface area (Å²) in [6, 6.07) is 4.66. The lowest BCUT2D eigenvalue weighted by atomic mass is 10.1. The number of ether oxygens (including phenoxy) is 1. The van der Waals surface area contributed by atoms with Gasteiger partial charge in [-0.15, -0.1) is 0 Å². The fraction of sp³-hybridized carbons (Fsp3) is 0.619. The Hall–Kier alpha value is -2.72. The number of hydrogen-bond acceptors (Lipinski definition) is 6. The second-order valence-corrected chi connectivity index (χ2v) is 8.42. The number of carbonyl (C=O) groups is 3. The Morgan fingerprint density at radius 3 is 2.71 bits per heavy atom. The summed E-state index contributed by atoms with van der Waals surface area (Å²) in [6.45, 7) is 5.71. The van der Waals surface area contributed by atoms with Gasteiger partial charge in [-0.05, 0) is 32.4 Å². The number of hydrogen-bond donors (Lipinski definition) is 3. The molecular formula is C21H32N6O4. The van der Waals surface area contributed by atoms with Crippen molar-refractivity contribution in [2.24, 2.45) is 0 Å². The number of nitrogens with zero attached hydrogens (tertiary/aromatic N) is 3. The molecule has 0 bridgehead atoms. The van der Waals surface area contributed by atoms with E-state index in [1.165, 1.54) is 7.11 Å². The van der Waals surface area contributed by atoms with Crippen LogP contribution in [-0.4, -0.2) is 90.1 Å². The Kier molecular flexibility index (Phi) is 7.80. The lowest BCUT2D eigenvalue weighted by molar-refractivity contribution is -0.137. The highest BCUT2D eigenvalue weighted by molar-refractivity contribution is 5.89. The molecule has 3 rings (SSSR count). The first-order valence-electron chi connectivity index (χ1n) is 10.6. The van der Waals surface area contributed by atoms with E-state index in [1.54, 1.807) is 11.1 Å². The fourth-order valence-corrected chi connectivity index (χ4v) is 4.19. The number of amides is 4. The highest BCUT2D eigenvalue weighted by Gasteiger charge is 2.43. The number of fused-ring (bicyclic) bond motifs is 1. The summed E-state index contributed by atoms with van der Waals surface area (Å²) in [4.78, 5) is 45.9. The largest absolute Gasteiger partial charge is 0.375 e. The summed E-state index contributed by atoms with van der Waals surface area (Å²) >= 11 is 0. The van der Waals surface area contributed by atoms with Gasteiger partial charge in [0.2, 0.25) is 11.8 Å². The number of aromatic nitrogens is 1. The zero-order valence-electron chi connectivity index (χ0n) is 18.3. The minimum absolute atomic E-state index is 0.0306. The summed E-state index contributed by atoms with van der Waals surface area (Å²) in [5, 5.41) is 8.59. The van der Waals surface area contributed by atoms with Crippen molar-refractivity contribution < 1.29 is 19.1 Å². The lowest BCUT2D eigenvalue weighted by Crippen LogP contribution is -2.52. The maximum atomic E-state index is 13.3. The van der Waals surface area contributed by atoms with Crippen molar-refractivity contribution in [3.8, 4) is 0 Å². The predicted molar refractivity (Wildman–Crippen MR) is 114 cm³/mol. The van der Waals surface area contributed by atoms with Gasteiger partial charge in [0, 0.05) is 51.6 Å². The normalized spacial score (nSPS) is 23.9. The van der Waals surface area contributed by atoms with Gasteiger partial charge in [-0.1, -0.05) is 6.07 Å². The maximum absolute atomic E-state index is 13.3. The number of methoxy groups -OCH3 is 1. The molecule has 4 amide bonds. The molecule has 2 fully saturated rings. The molecule has 3 heterocycles. The predicted octanol–water partition coefficient (Wildman–Crippen LogP) is -0.294. The first-order valence-corrected chi connectivity index (χ1v) is 10.6. The third kappa shape index (κ3) is 6.38. The van der Waals surface area contributed by atoms with Crippen LogP contribution in [0.2, 0.25) is 0 Å². The summed E-state index contributed by atoms with van der Waals surface area (Å²) in [5.41, 5.74) is 0.898. The van der Waals surface area contributed by atoms with Crippen molar-refractivity contribution in [3.63, 3.8) is 0 Å². The van der Waals surface area contributed by atoms with Crippen LogP contribution in [0.3, 0.4) is 0 Å². The number of pyridine rings is 1. The molecule has 0 saturated carbocycles. The fourth-order valence-electron chi connectivity index (χ4n) is 4.19. The van der Waals surface area contributed by atoms with Crippen LogP contribution in [0, 0.1) is 0 Å². The van der Waals surface area contributed by atoms with E-state index < -0.39 is 6.04 Å². The standard InChI is InChI=1S/C21H32N6O4/c1-14(2)23-21(30)24-16-8-17-11-26(9-15-6-4-5-7-22-15)12-18(20(29)27(17)10-16)25-19(28)13-31-3/h4-7,14,16-18H,8-13H2,1-3H3,(H,25,28)(H2,23,24,30)/t16-,17-,18-/m0/s1. The van der Waals surface area contributed by atoms with E-state index >= 15 is 0 Å². The molecular weight excluding hydrogens is 400 g/mol. The van der Waals surface area contributed by atoms with Crippen LogP contribution in [0.1, 0.15) is 26.0 Å². The van der Waals surface area contributed by atoms with Gasteiger partial charge in [0.1, 0.15) is 12.6 Å². The Bertz CT molecular complexity index is 774. The van der Waals surface area contributed by atoms with Crippen LogP contribution in [0.15, 0.2) is 24.4 Å². The number of carbonyl (C=O) groups excluding carboxylic acids is 3. The molecule has 31 heavy (non-hydrogen) atoms. The molecule has 0 radical (unpaired) electrons. The molecule has 1 aromatic rings. The van der Waals surface area contributed by atoms with Crippen molar-refractivity contribution in [1.29, 1.82) is 0 Å². The van der Waals surface area contributed by atoms with Crippen LogP contribution in [0.4, 0.5) is 4.79 Å². The van der Waals surface area contributed by atoms with Gasteiger partial charge in [-0.2, -0.15) is 0 Å². The molecule has 2 saturated heterocycles. The highest BCUT2D eigenvalue weighted by Crippen LogP contribution is 2.24. The van der Waals surface area contributed by atoms with Crippen molar-refractivity contribution in [2.45, 2.75) is 51.0 Å². The molecule has 3 atom stereocenters. The van der Waals surface area contributed by atoms with E-state index in [2.05, 4.69) is 25.8 Å². The molecule has 0 unspecified atom stereocenters. The second kappa shape index (κ2) is 10.5. The molecule has 170 valence electrons. The molecule has 2 aliphatic heterocycles. The third-order valence-electron chi connectivity index (χ3n) is 5.38. The average Bonchev–Trinajstić information content (AvgIpc) is 3.04. The summed E-state index contributed by atoms with van der Waals surface area (Å²) in [7, 11) is 1.44. The zero-order chi connectivity index (χ0) is 22.4. The minimum atomic E-state index is -0.681. The molecule has 2 aliphatic rings. The van der Waals surface area contributed by atoms with Crippen LogP contribution < -0.4 is 16.0 Å². The molecule has 1 aromatic heterocycles. The van der Waals surface area contributed by atoms with Crippen molar-refractivity contribution >= 4 is 17.8 Å². The highest BCUT2D eigenvalue weighted by atomic mass is 16.5. The van der Waals surface area contributed by atoms with Crippen molar-refractivity contribution in [2.75, 3.05) is 33.4 Å². The zero-order valence-corrected chi connectivity index (χ0v) is 18.3.